The standard InChI is InChI=1S/C13H16ClN3O/c1-4-8(2)17-11(9(3)15)7-16-6-5-10(14)12(16)13(17)18/h5-7,9H,2,4,15H2,1,3H3. The van der Waals surface area contributed by atoms with Crippen molar-refractivity contribution in [1.29, 1.82) is 0 Å². The van der Waals surface area contributed by atoms with E-state index in [0.717, 1.165) is 5.69 Å². The van der Waals surface area contributed by atoms with Crippen LogP contribution in [0.1, 0.15) is 32.0 Å². The Kier molecular flexibility index (Phi) is 3.32. The van der Waals surface area contributed by atoms with Gasteiger partial charge in [-0.2, -0.15) is 0 Å². The molecule has 0 fully saturated rings. The van der Waals surface area contributed by atoms with Crippen LogP contribution in [0.15, 0.2) is 29.8 Å². The van der Waals surface area contributed by atoms with Crippen molar-refractivity contribution in [2.75, 3.05) is 0 Å². The molecule has 0 amide bonds. The molecule has 0 aliphatic heterocycles. The number of hydrogen-bond acceptors (Lipinski definition) is 2. The molecule has 2 N–H and O–H groups in total. The van der Waals surface area contributed by atoms with Crippen LogP contribution in [0.25, 0.3) is 11.2 Å². The lowest BCUT2D eigenvalue weighted by atomic mass is 10.2. The van der Waals surface area contributed by atoms with E-state index in [1.807, 2.05) is 20.0 Å². The molecule has 2 aromatic heterocycles. The molecule has 96 valence electrons. The van der Waals surface area contributed by atoms with Gasteiger partial charge in [-0.25, -0.2) is 0 Å². The first-order valence-electron chi connectivity index (χ1n) is 5.83. The Hall–Kier alpha value is -1.52. The summed E-state index contributed by atoms with van der Waals surface area (Å²) in [4.78, 5) is 12.5. The Morgan fingerprint density at radius 1 is 1.61 bits per heavy atom. The summed E-state index contributed by atoms with van der Waals surface area (Å²) in [6.45, 7) is 7.71. The minimum Gasteiger partial charge on any atom is -0.323 e. The first kappa shape index (κ1) is 12.9. The van der Waals surface area contributed by atoms with Crippen molar-refractivity contribution in [3.63, 3.8) is 0 Å². The first-order valence-corrected chi connectivity index (χ1v) is 6.21. The maximum absolute atomic E-state index is 12.5. The van der Waals surface area contributed by atoms with Gasteiger partial charge < -0.3 is 10.1 Å². The predicted octanol–water partition coefficient (Wildman–Crippen LogP) is 2.65. The Morgan fingerprint density at radius 3 is 2.83 bits per heavy atom. The van der Waals surface area contributed by atoms with Gasteiger partial charge in [0.1, 0.15) is 5.52 Å². The molecule has 0 aliphatic carbocycles. The molecule has 0 spiro atoms. The fourth-order valence-corrected chi connectivity index (χ4v) is 2.21. The van der Waals surface area contributed by atoms with Crippen molar-refractivity contribution in [1.82, 2.24) is 8.97 Å². The summed E-state index contributed by atoms with van der Waals surface area (Å²) >= 11 is 6.03. The molecule has 0 saturated heterocycles. The van der Waals surface area contributed by atoms with Gasteiger partial charge in [0.15, 0.2) is 0 Å². The number of nitrogens with zero attached hydrogens (tertiary/aromatic N) is 2. The summed E-state index contributed by atoms with van der Waals surface area (Å²) in [5.74, 6) is 0. The molecule has 5 heteroatoms. The van der Waals surface area contributed by atoms with Crippen LogP contribution in [0.4, 0.5) is 0 Å². The van der Waals surface area contributed by atoms with E-state index in [0.29, 0.717) is 22.7 Å². The summed E-state index contributed by atoms with van der Waals surface area (Å²) in [6.07, 6.45) is 4.26. The van der Waals surface area contributed by atoms with Gasteiger partial charge in [0.2, 0.25) is 0 Å². The second kappa shape index (κ2) is 4.63. The number of hydrogen-bond donors (Lipinski definition) is 1. The molecule has 1 atom stereocenters. The molecule has 1 unspecified atom stereocenters. The maximum atomic E-state index is 12.5. The van der Waals surface area contributed by atoms with Gasteiger partial charge in [-0.05, 0) is 19.4 Å². The highest BCUT2D eigenvalue weighted by molar-refractivity contribution is 6.33. The summed E-state index contributed by atoms with van der Waals surface area (Å²) < 4.78 is 3.27. The lowest BCUT2D eigenvalue weighted by Gasteiger charge is -2.17. The second-order valence-corrected chi connectivity index (χ2v) is 4.73. The van der Waals surface area contributed by atoms with E-state index in [4.69, 9.17) is 17.3 Å². The van der Waals surface area contributed by atoms with Gasteiger partial charge in [-0.15, -0.1) is 0 Å². The molecule has 4 nitrogen and oxygen atoms in total. The molecule has 0 aromatic carbocycles. The lowest BCUT2D eigenvalue weighted by molar-refractivity contribution is 0.718. The Morgan fingerprint density at radius 2 is 2.28 bits per heavy atom. The van der Waals surface area contributed by atoms with Crippen LogP contribution in [0.5, 0.6) is 0 Å². The maximum Gasteiger partial charge on any atom is 0.280 e. The zero-order chi connectivity index (χ0) is 13.4. The van der Waals surface area contributed by atoms with Gasteiger partial charge in [0.05, 0.1) is 10.7 Å². The molecule has 2 aromatic rings. The van der Waals surface area contributed by atoms with Crippen LogP contribution >= 0.6 is 11.6 Å². The zero-order valence-corrected chi connectivity index (χ0v) is 11.2. The van der Waals surface area contributed by atoms with E-state index in [1.54, 1.807) is 21.2 Å². The minimum absolute atomic E-state index is 0.174. The number of halogens is 1. The highest BCUT2D eigenvalue weighted by Gasteiger charge is 2.15. The van der Waals surface area contributed by atoms with Gasteiger partial charge in [-0.1, -0.05) is 25.1 Å². The predicted molar refractivity (Wildman–Crippen MR) is 74.9 cm³/mol. The molecule has 2 heterocycles. The molecule has 0 radical (unpaired) electrons. The largest absolute Gasteiger partial charge is 0.323 e. The smallest absolute Gasteiger partial charge is 0.280 e. The third-order valence-corrected chi connectivity index (χ3v) is 3.30. The lowest BCUT2D eigenvalue weighted by Crippen LogP contribution is -2.27. The monoisotopic (exact) mass is 265 g/mol. The first-order chi connectivity index (χ1) is 8.47. The second-order valence-electron chi connectivity index (χ2n) is 4.32. The third-order valence-electron chi connectivity index (χ3n) is 2.99. The highest BCUT2D eigenvalue weighted by Crippen LogP contribution is 2.20. The molecule has 0 bridgehead atoms. The Labute approximate surface area is 110 Å². The van der Waals surface area contributed by atoms with Crippen LogP contribution in [0, 0.1) is 0 Å². The van der Waals surface area contributed by atoms with Crippen LogP contribution in [0.3, 0.4) is 0 Å². The van der Waals surface area contributed by atoms with E-state index < -0.39 is 0 Å². The average Bonchev–Trinajstić information content (AvgIpc) is 2.70. The number of rotatable bonds is 3. The zero-order valence-electron chi connectivity index (χ0n) is 10.5. The van der Waals surface area contributed by atoms with Crippen molar-refractivity contribution in [3.05, 3.63) is 46.1 Å². The third kappa shape index (κ3) is 1.87. The van der Waals surface area contributed by atoms with Crippen molar-refractivity contribution >= 4 is 22.8 Å². The van der Waals surface area contributed by atoms with Crippen LogP contribution in [0.2, 0.25) is 5.02 Å². The summed E-state index contributed by atoms with van der Waals surface area (Å²) in [6, 6.07) is 1.44. The van der Waals surface area contributed by atoms with Crippen LogP contribution in [-0.4, -0.2) is 8.97 Å². The van der Waals surface area contributed by atoms with Gasteiger partial charge in [0, 0.05) is 24.1 Å². The molecule has 2 rings (SSSR count). The molecular weight excluding hydrogens is 250 g/mol. The van der Waals surface area contributed by atoms with E-state index >= 15 is 0 Å². The van der Waals surface area contributed by atoms with Crippen molar-refractivity contribution < 1.29 is 0 Å². The van der Waals surface area contributed by atoms with Crippen molar-refractivity contribution in [2.45, 2.75) is 26.3 Å². The topological polar surface area (TPSA) is 52.4 Å². The summed E-state index contributed by atoms with van der Waals surface area (Å²) in [7, 11) is 0. The fraction of sp³-hybridized carbons (Fsp3) is 0.308. The fourth-order valence-electron chi connectivity index (χ4n) is 1.97. The van der Waals surface area contributed by atoms with Crippen molar-refractivity contribution in [2.24, 2.45) is 5.73 Å². The molecular formula is C13H16ClN3O. The summed E-state index contributed by atoms with van der Waals surface area (Å²) in [5.41, 5.74) is 7.65. The average molecular weight is 266 g/mol. The SMILES string of the molecule is C=C(CC)n1c(C(C)N)cn2ccc(Cl)c2c1=O. The Bertz CT molecular complexity index is 667. The van der Waals surface area contributed by atoms with Gasteiger partial charge in [-0.3, -0.25) is 9.36 Å². The molecule has 0 aliphatic rings. The normalized spacial score (nSPS) is 12.9. The van der Waals surface area contributed by atoms with Crippen LogP contribution < -0.4 is 11.3 Å². The van der Waals surface area contributed by atoms with Gasteiger partial charge in [0.25, 0.3) is 5.56 Å². The number of nitrogens with two attached hydrogens (primary N) is 1. The van der Waals surface area contributed by atoms with E-state index in [9.17, 15) is 4.79 Å². The molecule has 18 heavy (non-hydrogen) atoms. The number of fused-ring (bicyclic) bond motifs is 1. The highest BCUT2D eigenvalue weighted by atomic mass is 35.5. The minimum atomic E-state index is -0.258. The number of aromatic nitrogens is 2. The quantitative estimate of drug-likeness (QED) is 0.928. The summed E-state index contributed by atoms with van der Waals surface area (Å²) in [5, 5.41) is 0.439. The number of allylic oxidation sites excluding steroid dienone is 1. The van der Waals surface area contributed by atoms with E-state index in [2.05, 4.69) is 6.58 Å². The van der Waals surface area contributed by atoms with E-state index in [1.165, 1.54) is 0 Å². The Balaban J connectivity index is 2.91. The van der Waals surface area contributed by atoms with Crippen molar-refractivity contribution in [3.8, 4) is 0 Å². The molecule has 0 saturated carbocycles. The van der Waals surface area contributed by atoms with E-state index in [-0.39, 0.29) is 11.6 Å². The van der Waals surface area contributed by atoms with Gasteiger partial charge >= 0.3 is 0 Å². The van der Waals surface area contributed by atoms with Crippen LogP contribution in [-0.2, 0) is 0 Å².